The van der Waals surface area contributed by atoms with Gasteiger partial charge in [0.15, 0.2) is 0 Å². The summed E-state index contributed by atoms with van der Waals surface area (Å²) in [6.07, 6.45) is 0.763. The van der Waals surface area contributed by atoms with Crippen LogP contribution in [0.3, 0.4) is 0 Å². The lowest BCUT2D eigenvalue weighted by Crippen LogP contribution is -2.45. The second-order valence-corrected chi connectivity index (χ2v) is 9.25. The summed E-state index contributed by atoms with van der Waals surface area (Å²) in [6.45, 7) is 10.2. The number of sulfonamides is 1. The van der Waals surface area contributed by atoms with Gasteiger partial charge >= 0.3 is 0 Å². The molecular weight excluding hydrogens is 338 g/mol. The molecule has 114 valence electrons. The maximum Gasteiger partial charge on any atom is 0.241 e. The Morgan fingerprint density at radius 1 is 1.05 bits per heavy atom. The average molecular weight is 362 g/mol. The Labute approximate surface area is 131 Å². The predicted molar refractivity (Wildman–Crippen MR) is 87.5 cm³/mol. The van der Waals surface area contributed by atoms with Crippen LogP contribution in [-0.4, -0.2) is 14.0 Å². The van der Waals surface area contributed by atoms with Gasteiger partial charge in [-0.1, -0.05) is 48.8 Å². The standard InChI is InChI=1S/C15H24BrNO2S/c1-14(2,3)11-15(4,5)17-20(18,19)13-8-6-12(10-16)7-9-13/h6-9,17H,10-11H2,1-5H3. The molecule has 0 aromatic heterocycles. The van der Waals surface area contributed by atoms with Gasteiger partial charge in [0.2, 0.25) is 10.0 Å². The minimum absolute atomic E-state index is 0.0613. The van der Waals surface area contributed by atoms with Crippen molar-refractivity contribution in [3.8, 4) is 0 Å². The molecule has 1 aromatic carbocycles. The number of nitrogens with one attached hydrogen (secondary N) is 1. The van der Waals surface area contributed by atoms with E-state index in [2.05, 4.69) is 41.4 Å². The molecule has 0 amide bonds. The van der Waals surface area contributed by atoms with Gasteiger partial charge in [-0.05, 0) is 43.4 Å². The summed E-state index contributed by atoms with van der Waals surface area (Å²) in [6, 6.07) is 6.93. The van der Waals surface area contributed by atoms with E-state index in [1.807, 2.05) is 26.0 Å². The summed E-state index contributed by atoms with van der Waals surface area (Å²) >= 11 is 3.35. The summed E-state index contributed by atoms with van der Waals surface area (Å²) in [5.74, 6) is 0. The number of halogens is 1. The van der Waals surface area contributed by atoms with E-state index in [4.69, 9.17) is 0 Å². The second-order valence-electron chi connectivity index (χ2n) is 7.00. The molecule has 0 spiro atoms. The first kappa shape index (κ1) is 17.7. The third-order valence-electron chi connectivity index (χ3n) is 2.77. The van der Waals surface area contributed by atoms with Gasteiger partial charge in [-0.2, -0.15) is 0 Å². The Morgan fingerprint density at radius 3 is 1.95 bits per heavy atom. The van der Waals surface area contributed by atoms with Crippen molar-refractivity contribution in [3.05, 3.63) is 29.8 Å². The molecule has 0 aliphatic carbocycles. The largest absolute Gasteiger partial charge is 0.241 e. The smallest absolute Gasteiger partial charge is 0.207 e. The zero-order chi connectivity index (χ0) is 15.6. The zero-order valence-corrected chi connectivity index (χ0v) is 15.2. The summed E-state index contributed by atoms with van der Waals surface area (Å²) in [5, 5.41) is 0.719. The van der Waals surface area contributed by atoms with E-state index < -0.39 is 15.6 Å². The lowest BCUT2D eigenvalue weighted by Gasteiger charge is -2.33. The molecule has 1 rings (SSSR count). The van der Waals surface area contributed by atoms with Crippen LogP contribution >= 0.6 is 15.9 Å². The third-order valence-corrected chi connectivity index (χ3v) is 5.13. The molecule has 0 heterocycles. The molecular formula is C15H24BrNO2S. The third kappa shape index (κ3) is 5.54. The first-order chi connectivity index (χ1) is 8.95. The van der Waals surface area contributed by atoms with Crippen LogP contribution in [0, 0.1) is 5.41 Å². The van der Waals surface area contributed by atoms with Crippen LogP contribution < -0.4 is 4.72 Å². The van der Waals surface area contributed by atoms with E-state index in [-0.39, 0.29) is 5.41 Å². The molecule has 0 unspecified atom stereocenters. The first-order valence-electron chi connectivity index (χ1n) is 6.64. The molecule has 0 fully saturated rings. The number of alkyl halides is 1. The van der Waals surface area contributed by atoms with Crippen molar-refractivity contribution in [2.75, 3.05) is 0 Å². The predicted octanol–water partition coefficient (Wildman–Crippen LogP) is 4.07. The molecule has 0 radical (unpaired) electrons. The van der Waals surface area contributed by atoms with Gasteiger partial charge < -0.3 is 0 Å². The minimum atomic E-state index is -3.48. The Kier molecular flexibility index (Phi) is 5.44. The van der Waals surface area contributed by atoms with Gasteiger partial charge in [0.05, 0.1) is 4.90 Å². The first-order valence-corrected chi connectivity index (χ1v) is 9.25. The van der Waals surface area contributed by atoms with Crippen LogP contribution in [-0.2, 0) is 15.4 Å². The summed E-state index contributed by atoms with van der Waals surface area (Å²) in [4.78, 5) is 0.309. The Balaban J connectivity index is 2.93. The minimum Gasteiger partial charge on any atom is -0.207 e. The summed E-state index contributed by atoms with van der Waals surface area (Å²) < 4.78 is 27.6. The monoisotopic (exact) mass is 361 g/mol. The average Bonchev–Trinajstić information content (AvgIpc) is 2.24. The van der Waals surface area contributed by atoms with E-state index in [0.29, 0.717) is 4.90 Å². The molecule has 3 nitrogen and oxygen atoms in total. The molecule has 1 aromatic rings. The van der Waals surface area contributed by atoms with Crippen LogP contribution in [0.15, 0.2) is 29.2 Å². The fourth-order valence-electron chi connectivity index (χ4n) is 2.54. The van der Waals surface area contributed by atoms with Crippen molar-refractivity contribution >= 4 is 26.0 Å². The molecule has 0 aliphatic heterocycles. The second kappa shape index (κ2) is 6.16. The van der Waals surface area contributed by atoms with Gasteiger partial charge in [0.1, 0.15) is 0 Å². The molecule has 0 saturated heterocycles. The van der Waals surface area contributed by atoms with Crippen LogP contribution in [0.2, 0.25) is 0 Å². The molecule has 5 heteroatoms. The highest BCUT2D eigenvalue weighted by Gasteiger charge is 2.30. The van der Waals surface area contributed by atoms with Gasteiger partial charge in [-0.3, -0.25) is 0 Å². The van der Waals surface area contributed by atoms with Crippen molar-refractivity contribution in [2.24, 2.45) is 5.41 Å². The van der Waals surface area contributed by atoms with Crippen molar-refractivity contribution in [3.63, 3.8) is 0 Å². The van der Waals surface area contributed by atoms with Crippen LogP contribution in [0.5, 0.6) is 0 Å². The van der Waals surface area contributed by atoms with Crippen LogP contribution in [0.25, 0.3) is 0 Å². The van der Waals surface area contributed by atoms with E-state index in [9.17, 15) is 8.42 Å². The maximum absolute atomic E-state index is 12.4. The molecule has 20 heavy (non-hydrogen) atoms. The van der Waals surface area contributed by atoms with Crippen molar-refractivity contribution in [1.29, 1.82) is 0 Å². The van der Waals surface area contributed by atoms with Crippen molar-refractivity contribution in [2.45, 2.75) is 56.8 Å². The van der Waals surface area contributed by atoms with Crippen LogP contribution in [0.4, 0.5) is 0 Å². The number of hydrogen-bond acceptors (Lipinski definition) is 2. The molecule has 1 N–H and O–H groups in total. The lowest BCUT2D eigenvalue weighted by atomic mass is 9.82. The topological polar surface area (TPSA) is 46.2 Å². The Bertz CT molecular complexity index is 542. The van der Waals surface area contributed by atoms with Gasteiger partial charge in [0.25, 0.3) is 0 Å². The van der Waals surface area contributed by atoms with E-state index in [0.717, 1.165) is 17.3 Å². The fourth-order valence-corrected chi connectivity index (χ4v) is 4.33. The van der Waals surface area contributed by atoms with Crippen molar-refractivity contribution < 1.29 is 8.42 Å². The van der Waals surface area contributed by atoms with Gasteiger partial charge in [-0.25, -0.2) is 13.1 Å². The van der Waals surface area contributed by atoms with Gasteiger partial charge in [-0.15, -0.1) is 0 Å². The summed E-state index contributed by atoms with van der Waals surface area (Å²) in [7, 11) is -3.48. The fraction of sp³-hybridized carbons (Fsp3) is 0.600. The van der Waals surface area contributed by atoms with Crippen LogP contribution in [0.1, 0.15) is 46.6 Å². The van der Waals surface area contributed by atoms with E-state index in [1.165, 1.54) is 0 Å². The number of hydrogen-bond donors (Lipinski definition) is 1. The van der Waals surface area contributed by atoms with E-state index >= 15 is 0 Å². The maximum atomic E-state index is 12.4. The Morgan fingerprint density at radius 2 is 1.55 bits per heavy atom. The molecule has 0 saturated carbocycles. The SMILES string of the molecule is CC(C)(C)CC(C)(C)NS(=O)(=O)c1ccc(CBr)cc1. The van der Waals surface area contributed by atoms with Gasteiger partial charge in [0, 0.05) is 10.9 Å². The highest BCUT2D eigenvalue weighted by molar-refractivity contribution is 9.08. The highest BCUT2D eigenvalue weighted by Crippen LogP contribution is 2.28. The molecule has 0 bridgehead atoms. The zero-order valence-electron chi connectivity index (χ0n) is 12.8. The number of benzene rings is 1. The normalized spacial score (nSPS) is 13.5. The lowest BCUT2D eigenvalue weighted by molar-refractivity contribution is 0.269. The highest BCUT2D eigenvalue weighted by atomic mass is 79.9. The summed E-state index contributed by atoms with van der Waals surface area (Å²) in [5.41, 5.74) is 0.634. The molecule has 0 aliphatic rings. The molecule has 0 atom stereocenters. The Hall–Kier alpha value is -0.390. The quantitative estimate of drug-likeness (QED) is 0.803. The number of rotatable bonds is 5. The van der Waals surface area contributed by atoms with E-state index in [1.54, 1.807) is 12.1 Å². The van der Waals surface area contributed by atoms with Crippen molar-refractivity contribution in [1.82, 2.24) is 4.72 Å².